The molecule has 20 heavy (non-hydrogen) atoms. The zero-order valence-electron chi connectivity index (χ0n) is 11.9. The lowest BCUT2D eigenvalue weighted by molar-refractivity contribution is 0.0917. The fourth-order valence-corrected chi connectivity index (χ4v) is 3.42. The van der Waals surface area contributed by atoms with Gasteiger partial charge in [0, 0.05) is 17.8 Å². The third-order valence-corrected chi connectivity index (χ3v) is 4.81. The minimum atomic E-state index is -0.0283. The van der Waals surface area contributed by atoms with Gasteiger partial charge in [0.1, 0.15) is 5.69 Å². The van der Waals surface area contributed by atoms with Crippen LogP contribution in [0.2, 0.25) is 0 Å². The lowest BCUT2D eigenvalue weighted by atomic mass is 9.84. The molecule has 1 aliphatic rings. The number of nitrogens with one attached hydrogen (secondary N) is 1. The molecule has 0 unspecified atom stereocenters. The summed E-state index contributed by atoms with van der Waals surface area (Å²) in [6.45, 7) is 2.83. The quantitative estimate of drug-likeness (QED) is 0.877. The number of carbonyl (C=O) groups excluding carboxylic acids is 1. The number of carbonyl (C=O) groups is 1. The molecule has 2 rings (SSSR count). The Morgan fingerprint density at radius 3 is 2.75 bits per heavy atom. The van der Waals surface area contributed by atoms with Crippen LogP contribution in [0, 0.1) is 5.92 Å². The molecular weight excluding hydrogens is 294 g/mol. The van der Waals surface area contributed by atoms with Crippen LogP contribution in [0.5, 0.6) is 0 Å². The van der Waals surface area contributed by atoms with Crippen LogP contribution in [0.3, 0.4) is 0 Å². The van der Waals surface area contributed by atoms with Gasteiger partial charge in [-0.25, -0.2) is 4.98 Å². The van der Waals surface area contributed by atoms with Crippen LogP contribution < -0.4 is 11.1 Å². The summed E-state index contributed by atoms with van der Waals surface area (Å²) in [6, 6.07) is 0.329. The molecule has 1 amide bonds. The number of thiazole rings is 1. The number of aromatic nitrogens is 1. The van der Waals surface area contributed by atoms with E-state index in [0.717, 1.165) is 30.2 Å². The Hall–Kier alpha value is -0.650. The van der Waals surface area contributed by atoms with Crippen molar-refractivity contribution in [3.63, 3.8) is 0 Å². The zero-order valence-corrected chi connectivity index (χ0v) is 13.6. The second kappa shape index (κ2) is 8.60. The first kappa shape index (κ1) is 17.4. The van der Waals surface area contributed by atoms with Crippen molar-refractivity contribution >= 4 is 29.7 Å². The fourth-order valence-electron chi connectivity index (χ4n) is 2.63. The van der Waals surface area contributed by atoms with Gasteiger partial charge in [0.2, 0.25) is 0 Å². The van der Waals surface area contributed by atoms with Gasteiger partial charge in [0.25, 0.3) is 5.91 Å². The van der Waals surface area contributed by atoms with Crippen molar-refractivity contribution in [2.24, 2.45) is 11.7 Å². The van der Waals surface area contributed by atoms with Gasteiger partial charge < -0.3 is 11.1 Å². The predicted octanol–water partition coefficient (Wildman–Crippen LogP) is 2.76. The number of hydrogen-bond donors (Lipinski definition) is 2. The number of halogens is 1. The summed E-state index contributed by atoms with van der Waals surface area (Å²) in [7, 11) is 0. The lowest BCUT2D eigenvalue weighted by Gasteiger charge is -2.28. The lowest BCUT2D eigenvalue weighted by Crippen LogP contribution is -2.37. The van der Waals surface area contributed by atoms with Gasteiger partial charge in [0.05, 0.1) is 5.01 Å². The first-order chi connectivity index (χ1) is 9.22. The van der Waals surface area contributed by atoms with Crippen molar-refractivity contribution in [1.82, 2.24) is 10.3 Å². The summed E-state index contributed by atoms with van der Waals surface area (Å²) >= 11 is 1.52. The number of nitrogens with two attached hydrogens (primary N) is 1. The van der Waals surface area contributed by atoms with Crippen LogP contribution >= 0.6 is 23.7 Å². The van der Waals surface area contributed by atoms with Crippen molar-refractivity contribution < 1.29 is 4.79 Å². The summed E-state index contributed by atoms with van der Waals surface area (Å²) < 4.78 is 0. The third kappa shape index (κ3) is 4.72. The number of amides is 1. The molecule has 6 heteroatoms. The molecule has 1 aliphatic carbocycles. The normalized spacial score (nSPS) is 22.1. The number of rotatable bonds is 5. The topological polar surface area (TPSA) is 68.0 Å². The Kier molecular flexibility index (Phi) is 7.48. The van der Waals surface area contributed by atoms with Gasteiger partial charge in [-0.1, -0.05) is 13.3 Å². The fraction of sp³-hybridized carbons (Fsp3) is 0.714. The maximum absolute atomic E-state index is 12.1. The summed E-state index contributed by atoms with van der Waals surface area (Å²) in [5.41, 5.74) is 6.03. The van der Waals surface area contributed by atoms with Crippen LogP contribution in [0.15, 0.2) is 5.38 Å². The maximum atomic E-state index is 12.1. The molecule has 1 aromatic rings. The van der Waals surface area contributed by atoms with Crippen molar-refractivity contribution in [1.29, 1.82) is 0 Å². The van der Waals surface area contributed by atoms with E-state index >= 15 is 0 Å². The highest BCUT2D eigenvalue weighted by Crippen LogP contribution is 2.26. The molecule has 1 aromatic heterocycles. The second-order valence-corrected chi connectivity index (χ2v) is 6.21. The molecular formula is C14H24ClN3OS. The first-order valence-corrected chi connectivity index (χ1v) is 8.06. The molecule has 0 saturated heterocycles. The summed E-state index contributed by atoms with van der Waals surface area (Å²) in [6.07, 6.45) is 6.68. The smallest absolute Gasteiger partial charge is 0.270 e. The Balaban J connectivity index is 0.00000200. The molecule has 0 aromatic carbocycles. The molecule has 3 N–H and O–H groups in total. The second-order valence-electron chi connectivity index (χ2n) is 5.26. The molecule has 0 spiro atoms. The van der Waals surface area contributed by atoms with Gasteiger partial charge in [0.15, 0.2) is 0 Å². The van der Waals surface area contributed by atoms with Gasteiger partial charge in [-0.05, 0) is 38.1 Å². The SMILES string of the molecule is CCC1CCC(NC(=O)c2csc(CCN)n2)CC1.Cl. The minimum Gasteiger partial charge on any atom is -0.348 e. The highest BCUT2D eigenvalue weighted by Gasteiger charge is 2.22. The molecule has 1 fully saturated rings. The molecule has 1 saturated carbocycles. The molecule has 4 nitrogen and oxygen atoms in total. The van der Waals surface area contributed by atoms with Crippen LogP contribution in [0.25, 0.3) is 0 Å². The molecule has 114 valence electrons. The molecule has 0 aliphatic heterocycles. The summed E-state index contributed by atoms with van der Waals surface area (Å²) in [5, 5.41) is 5.89. The van der Waals surface area contributed by atoms with Gasteiger partial charge >= 0.3 is 0 Å². The number of nitrogens with zero attached hydrogens (tertiary/aromatic N) is 1. The molecule has 1 heterocycles. The van der Waals surface area contributed by atoms with Crippen LogP contribution in [-0.2, 0) is 6.42 Å². The predicted molar refractivity (Wildman–Crippen MR) is 85.6 cm³/mol. The van der Waals surface area contributed by atoms with Gasteiger partial charge in [-0.2, -0.15) is 0 Å². The van der Waals surface area contributed by atoms with Crippen molar-refractivity contribution in [3.05, 3.63) is 16.1 Å². The Morgan fingerprint density at radius 2 is 2.15 bits per heavy atom. The molecule has 0 radical (unpaired) electrons. The van der Waals surface area contributed by atoms with E-state index in [0.29, 0.717) is 18.3 Å². The number of hydrogen-bond acceptors (Lipinski definition) is 4. The highest BCUT2D eigenvalue weighted by molar-refractivity contribution is 7.09. The van der Waals surface area contributed by atoms with E-state index < -0.39 is 0 Å². The minimum absolute atomic E-state index is 0. The van der Waals surface area contributed by atoms with Crippen LogP contribution in [0.1, 0.15) is 54.5 Å². The largest absolute Gasteiger partial charge is 0.348 e. The summed E-state index contributed by atoms with van der Waals surface area (Å²) in [4.78, 5) is 16.4. The highest BCUT2D eigenvalue weighted by atomic mass is 35.5. The van der Waals surface area contributed by atoms with E-state index in [4.69, 9.17) is 5.73 Å². The van der Waals surface area contributed by atoms with Crippen LogP contribution in [-0.4, -0.2) is 23.5 Å². The zero-order chi connectivity index (χ0) is 13.7. The van der Waals surface area contributed by atoms with E-state index in [1.807, 2.05) is 5.38 Å². The molecule has 0 atom stereocenters. The van der Waals surface area contributed by atoms with Crippen molar-refractivity contribution in [2.45, 2.75) is 51.5 Å². The van der Waals surface area contributed by atoms with Gasteiger partial charge in [-0.15, -0.1) is 23.7 Å². The van der Waals surface area contributed by atoms with Crippen LogP contribution in [0.4, 0.5) is 0 Å². The maximum Gasteiger partial charge on any atom is 0.270 e. The monoisotopic (exact) mass is 317 g/mol. The Labute approximate surface area is 131 Å². The first-order valence-electron chi connectivity index (χ1n) is 7.18. The Morgan fingerprint density at radius 1 is 1.45 bits per heavy atom. The van der Waals surface area contributed by atoms with E-state index in [1.54, 1.807) is 0 Å². The van der Waals surface area contributed by atoms with Gasteiger partial charge in [-0.3, -0.25) is 4.79 Å². The summed E-state index contributed by atoms with van der Waals surface area (Å²) in [5.74, 6) is 0.822. The van der Waals surface area contributed by atoms with Crippen molar-refractivity contribution in [3.8, 4) is 0 Å². The van der Waals surface area contributed by atoms with E-state index in [-0.39, 0.29) is 18.3 Å². The van der Waals surface area contributed by atoms with E-state index in [1.165, 1.54) is 30.6 Å². The van der Waals surface area contributed by atoms with E-state index in [2.05, 4.69) is 17.2 Å². The third-order valence-electron chi connectivity index (χ3n) is 3.90. The van der Waals surface area contributed by atoms with E-state index in [9.17, 15) is 4.79 Å². The Bertz CT molecular complexity index is 416. The molecule has 0 bridgehead atoms. The standard InChI is InChI=1S/C14H23N3OS.ClH/c1-2-10-3-5-11(6-4-10)16-14(18)12-9-19-13(17-12)7-8-15;/h9-11H,2-8,15H2,1H3,(H,16,18);1H. The van der Waals surface area contributed by atoms with Crippen molar-refractivity contribution in [2.75, 3.05) is 6.54 Å². The average molecular weight is 318 g/mol. The average Bonchev–Trinajstić information content (AvgIpc) is 2.89.